The van der Waals surface area contributed by atoms with E-state index in [-0.39, 0.29) is 5.91 Å². The molecular formula is C11H12N4OS. The molecule has 6 heteroatoms. The largest absolute Gasteiger partial charge is 0.324 e. The van der Waals surface area contributed by atoms with Gasteiger partial charge in [-0.25, -0.2) is 4.98 Å². The summed E-state index contributed by atoms with van der Waals surface area (Å²) in [7, 11) is 0. The first-order valence-corrected chi connectivity index (χ1v) is 5.87. The normalized spacial score (nSPS) is 10.0. The van der Waals surface area contributed by atoms with E-state index in [2.05, 4.69) is 15.7 Å². The number of benzene rings is 1. The smallest absolute Gasteiger partial charge is 0.257 e. The first kappa shape index (κ1) is 11.6. The van der Waals surface area contributed by atoms with Gasteiger partial charge in [0.25, 0.3) is 5.91 Å². The summed E-state index contributed by atoms with van der Waals surface area (Å²) in [6.07, 6.45) is 0. The summed E-state index contributed by atoms with van der Waals surface area (Å²) in [5.74, 6) is 5.07. The van der Waals surface area contributed by atoms with Crippen molar-refractivity contribution in [3.8, 4) is 0 Å². The average Bonchev–Trinajstić information content (AvgIpc) is 2.75. The zero-order valence-electron chi connectivity index (χ0n) is 9.23. The molecule has 0 aliphatic heterocycles. The van der Waals surface area contributed by atoms with E-state index in [1.54, 1.807) is 24.3 Å². The van der Waals surface area contributed by atoms with Crippen molar-refractivity contribution in [1.29, 1.82) is 0 Å². The molecule has 2 rings (SSSR count). The lowest BCUT2D eigenvalue weighted by atomic mass is 10.2. The molecule has 0 aliphatic rings. The van der Waals surface area contributed by atoms with Crippen molar-refractivity contribution in [1.82, 2.24) is 4.98 Å². The topological polar surface area (TPSA) is 80.0 Å². The van der Waals surface area contributed by atoms with Crippen LogP contribution in [0.2, 0.25) is 0 Å². The molecule has 0 unspecified atom stereocenters. The van der Waals surface area contributed by atoms with E-state index >= 15 is 0 Å². The SMILES string of the molecule is Cc1csc(NC(=O)c2ccc(NN)cc2)n1. The number of carbonyl (C=O) groups is 1. The second-order valence-corrected chi connectivity index (χ2v) is 4.33. The number of amides is 1. The zero-order chi connectivity index (χ0) is 12.3. The van der Waals surface area contributed by atoms with Gasteiger partial charge >= 0.3 is 0 Å². The second-order valence-electron chi connectivity index (χ2n) is 3.47. The molecule has 1 heterocycles. The minimum absolute atomic E-state index is 0.178. The number of nitrogens with one attached hydrogen (secondary N) is 2. The summed E-state index contributed by atoms with van der Waals surface area (Å²) in [5, 5.41) is 5.22. The minimum atomic E-state index is -0.178. The molecule has 0 saturated heterocycles. The number of hydrazine groups is 1. The van der Waals surface area contributed by atoms with Crippen LogP contribution in [0.5, 0.6) is 0 Å². The third kappa shape index (κ3) is 2.80. The maximum Gasteiger partial charge on any atom is 0.257 e. The Morgan fingerprint density at radius 2 is 2.06 bits per heavy atom. The number of aryl methyl sites for hydroxylation is 1. The van der Waals surface area contributed by atoms with Crippen LogP contribution in [0.25, 0.3) is 0 Å². The highest BCUT2D eigenvalue weighted by Gasteiger charge is 2.07. The van der Waals surface area contributed by atoms with Crippen molar-refractivity contribution in [2.45, 2.75) is 6.92 Å². The van der Waals surface area contributed by atoms with Crippen LogP contribution in [0.15, 0.2) is 29.6 Å². The van der Waals surface area contributed by atoms with Crippen LogP contribution < -0.4 is 16.6 Å². The van der Waals surface area contributed by atoms with Gasteiger partial charge in [-0.3, -0.25) is 16.0 Å². The molecule has 17 heavy (non-hydrogen) atoms. The summed E-state index contributed by atoms with van der Waals surface area (Å²) in [6, 6.07) is 6.88. The molecule has 0 spiro atoms. The summed E-state index contributed by atoms with van der Waals surface area (Å²) in [6.45, 7) is 1.88. The first-order chi connectivity index (χ1) is 8.19. The maximum atomic E-state index is 11.8. The van der Waals surface area contributed by atoms with Crippen molar-refractivity contribution in [3.63, 3.8) is 0 Å². The van der Waals surface area contributed by atoms with Crippen molar-refractivity contribution >= 4 is 28.1 Å². The molecule has 5 nitrogen and oxygen atoms in total. The Hall–Kier alpha value is -1.92. The molecule has 1 aromatic heterocycles. The molecule has 4 N–H and O–H groups in total. The van der Waals surface area contributed by atoms with E-state index in [0.717, 1.165) is 11.4 Å². The Bertz CT molecular complexity index is 521. The molecule has 0 fully saturated rings. The molecular weight excluding hydrogens is 236 g/mol. The molecule has 0 bridgehead atoms. The number of nitrogen functional groups attached to an aromatic ring is 1. The number of rotatable bonds is 3. The molecule has 0 radical (unpaired) electrons. The van der Waals surface area contributed by atoms with Crippen LogP contribution in [0.1, 0.15) is 16.1 Å². The van der Waals surface area contributed by atoms with E-state index in [0.29, 0.717) is 10.7 Å². The number of thiazole rings is 1. The van der Waals surface area contributed by atoms with Crippen LogP contribution in [0, 0.1) is 6.92 Å². The van der Waals surface area contributed by atoms with Gasteiger partial charge in [0.15, 0.2) is 5.13 Å². The van der Waals surface area contributed by atoms with Gasteiger partial charge in [0, 0.05) is 16.6 Å². The van der Waals surface area contributed by atoms with E-state index in [1.165, 1.54) is 11.3 Å². The number of anilines is 2. The van der Waals surface area contributed by atoms with Crippen LogP contribution in [0.3, 0.4) is 0 Å². The van der Waals surface area contributed by atoms with Gasteiger partial charge < -0.3 is 5.43 Å². The van der Waals surface area contributed by atoms with Gasteiger partial charge in [0.1, 0.15) is 0 Å². The number of hydrogen-bond acceptors (Lipinski definition) is 5. The average molecular weight is 248 g/mol. The lowest BCUT2D eigenvalue weighted by molar-refractivity contribution is 0.102. The summed E-state index contributed by atoms with van der Waals surface area (Å²) in [4.78, 5) is 16.0. The van der Waals surface area contributed by atoms with Crippen LogP contribution in [-0.2, 0) is 0 Å². The van der Waals surface area contributed by atoms with Crippen molar-refractivity contribution < 1.29 is 4.79 Å². The number of hydrogen-bond donors (Lipinski definition) is 3. The Kier molecular flexibility index (Phi) is 3.36. The Morgan fingerprint density at radius 1 is 1.35 bits per heavy atom. The summed E-state index contributed by atoms with van der Waals surface area (Å²) < 4.78 is 0. The minimum Gasteiger partial charge on any atom is -0.324 e. The first-order valence-electron chi connectivity index (χ1n) is 4.99. The van der Waals surface area contributed by atoms with E-state index in [9.17, 15) is 4.79 Å². The third-order valence-electron chi connectivity index (χ3n) is 2.15. The lowest BCUT2D eigenvalue weighted by Crippen LogP contribution is -2.12. The van der Waals surface area contributed by atoms with Gasteiger partial charge in [0.2, 0.25) is 0 Å². The quantitative estimate of drug-likeness (QED) is 0.573. The molecule has 0 saturated carbocycles. The third-order valence-corrected chi connectivity index (χ3v) is 3.03. The fourth-order valence-electron chi connectivity index (χ4n) is 1.30. The van der Waals surface area contributed by atoms with Crippen LogP contribution in [0.4, 0.5) is 10.8 Å². The second kappa shape index (κ2) is 4.94. The molecule has 1 aromatic carbocycles. The van der Waals surface area contributed by atoms with Crippen molar-refractivity contribution in [2.75, 3.05) is 10.7 Å². The summed E-state index contributed by atoms with van der Waals surface area (Å²) >= 11 is 1.40. The van der Waals surface area contributed by atoms with Gasteiger partial charge in [-0.15, -0.1) is 11.3 Å². The lowest BCUT2D eigenvalue weighted by Gasteiger charge is -2.03. The van der Waals surface area contributed by atoms with E-state index in [4.69, 9.17) is 5.84 Å². The molecule has 0 aliphatic carbocycles. The van der Waals surface area contributed by atoms with E-state index in [1.807, 2.05) is 12.3 Å². The van der Waals surface area contributed by atoms with Crippen molar-refractivity contribution in [3.05, 3.63) is 40.9 Å². The Morgan fingerprint density at radius 3 is 2.59 bits per heavy atom. The Labute approximate surface area is 103 Å². The van der Waals surface area contributed by atoms with Gasteiger partial charge in [0.05, 0.1) is 5.69 Å². The maximum absolute atomic E-state index is 11.8. The number of nitrogens with two attached hydrogens (primary N) is 1. The highest BCUT2D eigenvalue weighted by Crippen LogP contribution is 2.16. The predicted octanol–water partition coefficient (Wildman–Crippen LogP) is 1.99. The zero-order valence-corrected chi connectivity index (χ0v) is 10.0. The van der Waals surface area contributed by atoms with Gasteiger partial charge in [-0.1, -0.05) is 0 Å². The number of aromatic nitrogens is 1. The monoisotopic (exact) mass is 248 g/mol. The summed E-state index contributed by atoms with van der Waals surface area (Å²) in [5.41, 5.74) is 4.72. The van der Waals surface area contributed by atoms with Gasteiger partial charge in [-0.05, 0) is 31.2 Å². The standard InChI is InChI=1S/C11H12N4OS/c1-7-6-17-11(13-7)14-10(16)8-2-4-9(15-12)5-3-8/h2-6,15H,12H2,1H3,(H,13,14,16). The predicted molar refractivity (Wildman–Crippen MR) is 69.1 cm³/mol. The number of nitrogens with zero attached hydrogens (tertiary/aromatic N) is 1. The molecule has 88 valence electrons. The molecule has 2 aromatic rings. The van der Waals surface area contributed by atoms with E-state index < -0.39 is 0 Å². The highest BCUT2D eigenvalue weighted by atomic mass is 32.1. The Balaban J connectivity index is 2.09. The molecule has 1 amide bonds. The fourth-order valence-corrected chi connectivity index (χ4v) is 1.98. The fraction of sp³-hybridized carbons (Fsp3) is 0.0909. The van der Waals surface area contributed by atoms with Crippen molar-refractivity contribution in [2.24, 2.45) is 5.84 Å². The van der Waals surface area contributed by atoms with Gasteiger partial charge in [-0.2, -0.15) is 0 Å². The number of carbonyl (C=O) groups excluding carboxylic acids is 1. The van der Waals surface area contributed by atoms with Crippen LogP contribution >= 0.6 is 11.3 Å². The highest BCUT2D eigenvalue weighted by molar-refractivity contribution is 7.13. The van der Waals surface area contributed by atoms with Crippen LogP contribution in [-0.4, -0.2) is 10.9 Å². The molecule has 0 atom stereocenters.